The summed E-state index contributed by atoms with van der Waals surface area (Å²) in [4.78, 5) is 21.1. The van der Waals surface area contributed by atoms with Crippen molar-refractivity contribution < 1.29 is 9.53 Å². The number of ether oxygens (including phenoxy) is 1. The van der Waals surface area contributed by atoms with E-state index in [4.69, 9.17) is 10.5 Å². The van der Waals surface area contributed by atoms with E-state index < -0.39 is 0 Å². The van der Waals surface area contributed by atoms with Gasteiger partial charge in [-0.25, -0.2) is 4.98 Å². The second-order valence-corrected chi connectivity index (χ2v) is 5.27. The minimum absolute atomic E-state index is 0.0308. The third-order valence-corrected chi connectivity index (χ3v) is 4.29. The molecule has 2 N–H and O–H groups in total. The topological polar surface area (TPSA) is 71.7 Å². The minimum atomic E-state index is -0.0308. The molecule has 0 atom stereocenters. The van der Waals surface area contributed by atoms with E-state index in [1.807, 2.05) is 0 Å². The van der Waals surface area contributed by atoms with Crippen molar-refractivity contribution in [3.63, 3.8) is 0 Å². The summed E-state index contributed by atoms with van der Waals surface area (Å²) in [5, 5.41) is 0.819. The van der Waals surface area contributed by atoms with Crippen molar-refractivity contribution in [1.29, 1.82) is 0 Å². The number of carbonyl (C=O) groups is 1. The Morgan fingerprint density at radius 3 is 2.63 bits per heavy atom. The van der Waals surface area contributed by atoms with Crippen molar-refractivity contribution in [2.24, 2.45) is 0 Å². The number of nitrogen functional groups attached to an aromatic ring is 1. The lowest BCUT2D eigenvalue weighted by Gasteiger charge is -2.26. The number of rotatable bonds is 4. The highest BCUT2D eigenvalue weighted by molar-refractivity contribution is 7.18. The molecule has 106 valence electrons. The zero-order valence-electron chi connectivity index (χ0n) is 11.4. The summed E-state index contributed by atoms with van der Waals surface area (Å²) in [7, 11) is 0. The second kappa shape index (κ2) is 6.21. The Kier molecular flexibility index (Phi) is 4.60. The summed E-state index contributed by atoms with van der Waals surface area (Å²) in [6.45, 7) is 8.26. The average molecular weight is 284 g/mol. The standard InChI is InChI=1S/C12H20N4O2S/c1-3-15(4-2)12-14-10(13)9(19-12)11(17)16-5-7-18-8-6-16/h3-8,13H2,1-2H3. The molecule has 1 amide bonds. The van der Waals surface area contributed by atoms with E-state index in [1.54, 1.807) is 4.90 Å². The fraction of sp³-hybridized carbons (Fsp3) is 0.667. The third kappa shape index (κ3) is 2.98. The molecule has 1 aliphatic rings. The van der Waals surface area contributed by atoms with E-state index >= 15 is 0 Å². The molecular formula is C12H20N4O2S. The van der Waals surface area contributed by atoms with Crippen LogP contribution in [-0.2, 0) is 4.74 Å². The number of thiazole rings is 1. The molecule has 2 rings (SSSR count). The van der Waals surface area contributed by atoms with Gasteiger partial charge in [0.15, 0.2) is 5.13 Å². The van der Waals surface area contributed by atoms with Crippen LogP contribution in [0.15, 0.2) is 0 Å². The zero-order chi connectivity index (χ0) is 13.8. The molecule has 19 heavy (non-hydrogen) atoms. The van der Waals surface area contributed by atoms with Crippen LogP contribution in [0.4, 0.5) is 10.9 Å². The Labute approximate surface area is 117 Å². The Balaban J connectivity index is 2.17. The number of morpholine rings is 1. The maximum Gasteiger partial charge on any atom is 0.268 e. The van der Waals surface area contributed by atoms with Crippen LogP contribution in [0.5, 0.6) is 0 Å². The minimum Gasteiger partial charge on any atom is -0.382 e. The van der Waals surface area contributed by atoms with Gasteiger partial charge >= 0.3 is 0 Å². The molecule has 6 nitrogen and oxygen atoms in total. The highest BCUT2D eigenvalue weighted by atomic mass is 32.1. The van der Waals surface area contributed by atoms with Crippen LogP contribution in [0.1, 0.15) is 23.5 Å². The molecule has 1 aromatic heterocycles. The molecule has 0 saturated carbocycles. The van der Waals surface area contributed by atoms with Gasteiger partial charge in [0.2, 0.25) is 0 Å². The molecule has 2 heterocycles. The fourth-order valence-electron chi connectivity index (χ4n) is 2.01. The van der Waals surface area contributed by atoms with Crippen molar-refractivity contribution >= 4 is 28.2 Å². The van der Waals surface area contributed by atoms with Crippen molar-refractivity contribution in [3.05, 3.63) is 4.88 Å². The monoisotopic (exact) mass is 284 g/mol. The predicted octanol–water partition coefficient (Wildman–Crippen LogP) is 1.04. The number of anilines is 2. The van der Waals surface area contributed by atoms with E-state index in [2.05, 4.69) is 23.7 Å². The molecule has 0 radical (unpaired) electrons. The number of hydrogen-bond acceptors (Lipinski definition) is 6. The molecule has 0 bridgehead atoms. The maximum absolute atomic E-state index is 12.4. The van der Waals surface area contributed by atoms with Gasteiger partial charge in [-0.2, -0.15) is 0 Å². The number of carbonyl (C=O) groups excluding carboxylic acids is 1. The molecule has 1 saturated heterocycles. The summed E-state index contributed by atoms with van der Waals surface area (Å²) >= 11 is 1.38. The third-order valence-electron chi connectivity index (χ3n) is 3.17. The summed E-state index contributed by atoms with van der Waals surface area (Å²) in [5.41, 5.74) is 5.89. The van der Waals surface area contributed by atoms with Crippen LogP contribution < -0.4 is 10.6 Å². The average Bonchev–Trinajstić information content (AvgIpc) is 2.82. The largest absolute Gasteiger partial charge is 0.382 e. The molecule has 0 unspecified atom stereocenters. The fourth-order valence-corrected chi connectivity index (χ4v) is 3.09. The SMILES string of the molecule is CCN(CC)c1nc(N)c(C(=O)N2CCOCC2)s1. The highest BCUT2D eigenvalue weighted by Gasteiger charge is 2.24. The van der Waals surface area contributed by atoms with Gasteiger partial charge in [0, 0.05) is 26.2 Å². The Bertz CT molecular complexity index is 439. The first-order chi connectivity index (χ1) is 9.17. The van der Waals surface area contributed by atoms with Crippen LogP contribution >= 0.6 is 11.3 Å². The molecular weight excluding hydrogens is 264 g/mol. The quantitative estimate of drug-likeness (QED) is 0.894. The second-order valence-electron chi connectivity index (χ2n) is 4.29. The van der Waals surface area contributed by atoms with Crippen LogP contribution in [0.25, 0.3) is 0 Å². The lowest BCUT2D eigenvalue weighted by atomic mass is 10.3. The first kappa shape index (κ1) is 14.1. The van der Waals surface area contributed by atoms with Gasteiger partial charge in [0.25, 0.3) is 5.91 Å². The zero-order valence-corrected chi connectivity index (χ0v) is 12.2. The van der Waals surface area contributed by atoms with Gasteiger partial charge in [0.1, 0.15) is 10.7 Å². The lowest BCUT2D eigenvalue weighted by Crippen LogP contribution is -2.40. The normalized spacial score (nSPS) is 15.6. The van der Waals surface area contributed by atoms with Crippen LogP contribution in [0, 0.1) is 0 Å². The van der Waals surface area contributed by atoms with E-state index in [9.17, 15) is 4.79 Å². The van der Waals surface area contributed by atoms with E-state index in [1.165, 1.54) is 11.3 Å². The van der Waals surface area contributed by atoms with Crippen molar-refractivity contribution in [3.8, 4) is 0 Å². The Morgan fingerprint density at radius 1 is 1.42 bits per heavy atom. The number of hydrogen-bond donors (Lipinski definition) is 1. The highest BCUT2D eigenvalue weighted by Crippen LogP contribution is 2.29. The molecule has 1 fully saturated rings. The number of nitrogens with two attached hydrogens (primary N) is 1. The van der Waals surface area contributed by atoms with Crippen LogP contribution in [0.3, 0.4) is 0 Å². The molecule has 1 aliphatic heterocycles. The first-order valence-electron chi connectivity index (χ1n) is 6.55. The maximum atomic E-state index is 12.4. The van der Waals surface area contributed by atoms with Gasteiger partial charge in [-0.3, -0.25) is 4.79 Å². The summed E-state index contributed by atoms with van der Waals surface area (Å²) in [5.74, 6) is 0.306. The lowest BCUT2D eigenvalue weighted by molar-refractivity contribution is 0.0306. The molecule has 0 spiro atoms. The summed E-state index contributed by atoms with van der Waals surface area (Å²) < 4.78 is 5.25. The summed E-state index contributed by atoms with van der Waals surface area (Å²) in [6.07, 6.45) is 0. The van der Waals surface area contributed by atoms with Crippen LogP contribution in [0.2, 0.25) is 0 Å². The van der Waals surface area contributed by atoms with Crippen molar-refractivity contribution in [2.45, 2.75) is 13.8 Å². The number of amides is 1. The molecule has 1 aromatic rings. The molecule has 0 aromatic carbocycles. The van der Waals surface area contributed by atoms with Crippen LogP contribution in [-0.4, -0.2) is 55.2 Å². The smallest absolute Gasteiger partial charge is 0.268 e. The molecule has 0 aliphatic carbocycles. The van der Waals surface area contributed by atoms with Gasteiger partial charge in [-0.1, -0.05) is 11.3 Å². The Morgan fingerprint density at radius 2 is 2.05 bits per heavy atom. The van der Waals surface area contributed by atoms with Gasteiger partial charge in [-0.15, -0.1) is 0 Å². The van der Waals surface area contributed by atoms with Crippen molar-refractivity contribution in [1.82, 2.24) is 9.88 Å². The molecule has 7 heteroatoms. The van der Waals surface area contributed by atoms with Gasteiger partial charge in [0.05, 0.1) is 13.2 Å². The Hall–Kier alpha value is -1.34. The predicted molar refractivity (Wildman–Crippen MR) is 76.8 cm³/mol. The van der Waals surface area contributed by atoms with Crippen molar-refractivity contribution in [2.75, 3.05) is 50.0 Å². The first-order valence-corrected chi connectivity index (χ1v) is 7.37. The summed E-state index contributed by atoms with van der Waals surface area (Å²) in [6, 6.07) is 0. The van der Waals surface area contributed by atoms with E-state index in [0.29, 0.717) is 37.0 Å². The van der Waals surface area contributed by atoms with Gasteiger partial charge in [-0.05, 0) is 13.8 Å². The number of aromatic nitrogens is 1. The van der Waals surface area contributed by atoms with E-state index in [-0.39, 0.29) is 5.91 Å². The van der Waals surface area contributed by atoms with Gasteiger partial charge < -0.3 is 20.3 Å². The van der Waals surface area contributed by atoms with E-state index in [0.717, 1.165) is 18.2 Å². The number of nitrogens with zero attached hydrogens (tertiary/aromatic N) is 3.